The van der Waals surface area contributed by atoms with Crippen molar-refractivity contribution in [3.63, 3.8) is 0 Å². The molecule has 2 aromatic rings. The van der Waals surface area contributed by atoms with E-state index in [9.17, 15) is 4.79 Å². The fourth-order valence-corrected chi connectivity index (χ4v) is 4.81. The van der Waals surface area contributed by atoms with Crippen LogP contribution in [0.2, 0.25) is 0 Å². The Morgan fingerprint density at radius 1 is 0.960 bits per heavy atom. The molecule has 9 heteroatoms. The van der Waals surface area contributed by atoms with Crippen molar-refractivity contribution in [1.29, 1.82) is 0 Å². The second kappa shape index (κ2) is 8.66. The van der Waals surface area contributed by atoms with Crippen molar-refractivity contribution < 1.29 is 4.79 Å². The number of amides is 1. The van der Waals surface area contributed by atoms with Gasteiger partial charge in [0.1, 0.15) is 10.0 Å². The smallest absolute Gasteiger partial charge is 0.225 e. The van der Waals surface area contributed by atoms with Gasteiger partial charge < -0.3 is 10.6 Å². The molecule has 1 aliphatic carbocycles. The predicted octanol–water partition coefficient (Wildman–Crippen LogP) is 4.00. The highest BCUT2D eigenvalue weighted by Gasteiger charge is 2.28. The number of carbonyl (C=O) groups is 1. The van der Waals surface area contributed by atoms with Crippen molar-refractivity contribution >= 4 is 38.8 Å². The second-order valence-corrected chi connectivity index (χ2v) is 8.29. The standard InChI is InChI=1S/C16H24N6OS2/c1-3-9-17-15-21-19-13(24-15)10-5-7-11(8-6-10)14-20-22-16(25-14)18-12(23)4-2/h10-11H,3-9H2,1-2H3,(H,17,21)(H,18,22,23)/t10-,11+. The van der Waals surface area contributed by atoms with Crippen LogP contribution in [-0.2, 0) is 4.79 Å². The first-order valence-corrected chi connectivity index (χ1v) is 10.5. The maximum atomic E-state index is 11.4. The van der Waals surface area contributed by atoms with Crippen LogP contribution in [0.25, 0.3) is 0 Å². The van der Waals surface area contributed by atoms with Gasteiger partial charge in [0.2, 0.25) is 16.2 Å². The van der Waals surface area contributed by atoms with Gasteiger partial charge in [0.15, 0.2) is 0 Å². The molecule has 2 heterocycles. The minimum absolute atomic E-state index is 0.0184. The third kappa shape index (κ3) is 4.72. The highest BCUT2D eigenvalue weighted by atomic mass is 32.1. The zero-order chi connectivity index (χ0) is 17.6. The summed E-state index contributed by atoms with van der Waals surface area (Å²) in [5.41, 5.74) is 0. The highest BCUT2D eigenvalue weighted by Crippen LogP contribution is 2.42. The lowest BCUT2D eigenvalue weighted by atomic mass is 9.83. The molecular formula is C16H24N6OS2. The molecule has 1 amide bonds. The quantitative estimate of drug-likeness (QED) is 0.754. The predicted molar refractivity (Wildman–Crippen MR) is 101 cm³/mol. The normalized spacial score (nSPS) is 20.4. The largest absolute Gasteiger partial charge is 0.360 e. The molecule has 0 spiro atoms. The van der Waals surface area contributed by atoms with Crippen LogP contribution in [0.1, 0.15) is 74.2 Å². The minimum atomic E-state index is -0.0184. The Kier molecular flexibility index (Phi) is 6.30. The summed E-state index contributed by atoms with van der Waals surface area (Å²) in [7, 11) is 0. The van der Waals surface area contributed by atoms with E-state index in [0.29, 0.717) is 23.4 Å². The van der Waals surface area contributed by atoms with E-state index >= 15 is 0 Å². The van der Waals surface area contributed by atoms with Crippen LogP contribution in [0.3, 0.4) is 0 Å². The molecule has 2 aromatic heterocycles. The van der Waals surface area contributed by atoms with Gasteiger partial charge in [-0.15, -0.1) is 20.4 Å². The average Bonchev–Trinajstić information content (AvgIpc) is 3.29. The highest BCUT2D eigenvalue weighted by molar-refractivity contribution is 7.15. The monoisotopic (exact) mass is 380 g/mol. The molecule has 0 radical (unpaired) electrons. The average molecular weight is 381 g/mol. The molecule has 2 N–H and O–H groups in total. The molecule has 136 valence electrons. The molecule has 25 heavy (non-hydrogen) atoms. The molecule has 0 aliphatic heterocycles. The minimum Gasteiger partial charge on any atom is -0.360 e. The van der Waals surface area contributed by atoms with Gasteiger partial charge in [-0.1, -0.05) is 36.5 Å². The van der Waals surface area contributed by atoms with Crippen LogP contribution in [0.15, 0.2) is 0 Å². The van der Waals surface area contributed by atoms with Gasteiger partial charge in [0.25, 0.3) is 0 Å². The Balaban J connectivity index is 1.53. The Morgan fingerprint density at radius 3 is 2.08 bits per heavy atom. The van der Waals surface area contributed by atoms with E-state index in [-0.39, 0.29) is 5.91 Å². The third-order valence-electron chi connectivity index (χ3n) is 4.40. The Bertz CT molecular complexity index is 692. The molecule has 1 fully saturated rings. The van der Waals surface area contributed by atoms with Crippen LogP contribution in [0, 0.1) is 0 Å². The summed E-state index contributed by atoms with van der Waals surface area (Å²) in [5, 5.41) is 26.8. The van der Waals surface area contributed by atoms with Gasteiger partial charge in [-0.3, -0.25) is 4.79 Å². The maximum absolute atomic E-state index is 11.4. The third-order valence-corrected chi connectivity index (χ3v) is 6.45. The van der Waals surface area contributed by atoms with Gasteiger partial charge in [0, 0.05) is 24.8 Å². The number of nitrogens with one attached hydrogen (secondary N) is 2. The van der Waals surface area contributed by atoms with Gasteiger partial charge in [-0.05, 0) is 32.1 Å². The number of aromatic nitrogens is 4. The van der Waals surface area contributed by atoms with E-state index in [1.807, 2.05) is 6.92 Å². The molecular weight excluding hydrogens is 356 g/mol. The van der Waals surface area contributed by atoms with Gasteiger partial charge in [0.05, 0.1) is 0 Å². The molecule has 0 unspecified atom stereocenters. The Morgan fingerprint density at radius 2 is 1.52 bits per heavy atom. The zero-order valence-corrected chi connectivity index (χ0v) is 16.3. The lowest BCUT2D eigenvalue weighted by molar-refractivity contribution is -0.115. The van der Waals surface area contributed by atoms with Crippen LogP contribution < -0.4 is 10.6 Å². The van der Waals surface area contributed by atoms with E-state index in [1.54, 1.807) is 11.3 Å². The zero-order valence-electron chi connectivity index (χ0n) is 14.6. The van der Waals surface area contributed by atoms with Crippen LogP contribution >= 0.6 is 22.7 Å². The summed E-state index contributed by atoms with van der Waals surface area (Å²) >= 11 is 3.19. The molecule has 0 saturated heterocycles. The lowest BCUT2D eigenvalue weighted by Gasteiger charge is -2.25. The number of anilines is 2. The van der Waals surface area contributed by atoms with Crippen molar-refractivity contribution in [2.24, 2.45) is 0 Å². The lowest BCUT2D eigenvalue weighted by Crippen LogP contribution is -2.12. The first-order chi connectivity index (χ1) is 12.2. The van der Waals surface area contributed by atoms with E-state index in [2.05, 4.69) is 38.0 Å². The molecule has 0 aromatic carbocycles. The summed E-state index contributed by atoms with van der Waals surface area (Å²) in [5.74, 6) is 0.917. The SMILES string of the molecule is CCCNc1nnc([C@H]2CC[C@@H](c3nnc(NC(=O)CC)s3)CC2)s1. The summed E-state index contributed by atoms with van der Waals surface area (Å²) < 4.78 is 0. The molecule has 0 bridgehead atoms. The van der Waals surface area contributed by atoms with E-state index in [1.165, 1.54) is 11.3 Å². The molecule has 3 rings (SSSR count). The van der Waals surface area contributed by atoms with E-state index < -0.39 is 0 Å². The summed E-state index contributed by atoms with van der Waals surface area (Å²) in [6.45, 7) is 4.91. The summed E-state index contributed by atoms with van der Waals surface area (Å²) in [6, 6.07) is 0. The molecule has 1 aliphatic rings. The Hall–Kier alpha value is -1.61. The van der Waals surface area contributed by atoms with Crippen molar-refractivity contribution in [3.8, 4) is 0 Å². The number of carbonyl (C=O) groups excluding carboxylic acids is 1. The molecule has 1 saturated carbocycles. The van der Waals surface area contributed by atoms with Crippen molar-refractivity contribution in [1.82, 2.24) is 20.4 Å². The van der Waals surface area contributed by atoms with Gasteiger partial charge >= 0.3 is 0 Å². The maximum Gasteiger partial charge on any atom is 0.225 e. The van der Waals surface area contributed by atoms with Gasteiger partial charge in [-0.2, -0.15) is 0 Å². The fourth-order valence-electron chi connectivity index (χ4n) is 2.95. The van der Waals surface area contributed by atoms with Crippen LogP contribution in [0.4, 0.5) is 10.3 Å². The number of rotatable bonds is 7. The van der Waals surface area contributed by atoms with E-state index in [4.69, 9.17) is 0 Å². The first-order valence-electron chi connectivity index (χ1n) is 8.90. The van der Waals surface area contributed by atoms with Crippen LogP contribution in [-0.4, -0.2) is 32.8 Å². The number of hydrogen-bond acceptors (Lipinski definition) is 8. The first kappa shape index (κ1) is 18.2. The van der Waals surface area contributed by atoms with Crippen LogP contribution in [0.5, 0.6) is 0 Å². The molecule has 0 atom stereocenters. The Labute approximate surface area is 155 Å². The number of nitrogens with zero attached hydrogens (tertiary/aromatic N) is 4. The number of hydrogen-bond donors (Lipinski definition) is 2. The van der Waals surface area contributed by atoms with Gasteiger partial charge in [-0.25, -0.2) is 0 Å². The van der Waals surface area contributed by atoms with Crippen molar-refractivity contribution in [2.45, 2.75) is 64.2 Å². The summed E-state index contributed by atoms with van der Waals surface area (Å²) in [4.78, 5) is 11.4. The fraction of sp³-hybridized carbons (Fsp3) is 0.688. The van der Waals surface area contributed by atoms with Crippen molar-refractivity contribution in [2.75, 3.05) is 17.2 Å². The summed E-state index contributed by atoms with van der Waals surface area (Å²) in [6.07, 6.45) is 5.91. The molecule has 7 nitrogen and oxygen atoms in total. The van der Waals surface area contributed by atoms with Crippen molar-refractivity contribution in [3.05, 3.63) is 10.0 Å². The second-order valence-electron chi connectivity index (χ2n) is 6.27. The van der Waals surface area contributed by atoms with E-state index in [0.717, 1.165) is 53.8 Å². The topological polar surface area (TPSA) is 92.7 Å².